The van der Waals surface area contributed by atoms with Crippen molar-refractivity contribution >= 4 is 23.4 Å². The van der Waals surface area contributed by atoms with Gasteiger partial charge in [-0.05, 0) is 53.4 Å². The number of hydrogen-bond acceptors (Lipinski definition) is 9. The van der Waals surface area contributed by atoms with Crippen molar-refractivity contribution < 1.29 is 33.3 Å². The molecule has 248 valence electrons. The molecular weight excluding hydrogens is 588 g/mol. The molecule has 1 aliphatic heterocycles. The number of amides is 2. The van der Waals surface area contributed by atoms with Crippen molar-refractivity contribution in [3.8, 4) is 11.5 Å². The Bertz CT molecular complexity index is 1410. The Morgan fingerprint density at radius 3 is 2.35 bits per heavy atom. The molecule has 0 radical (unpaired) electrons. The maximum absolute atomic E-state index is 13.7. The fourth-order valence-electron chi connectivity index (χ4n) is 5.39. The minimum Gasteiger partial charge on any atom is -0.493 e. The van der Waals surface area contributed by atoms with Gasteiger partial charge in [-0.2, -0.15) is 0 Å². The standard InChI is InChI=1S/C35H46N4O7/c1-25(2)33(27-10-12-28(13-11-27)34(40)37-30-8-6-5-7-29(30)36)39(18-22-45-21-17-38-15-19-44-20-16-38)35(41)46-24-26-9-14-31(42-3)32(23-26)43-4/h5-14,23,25,33H,15-22,24,36H2,1-4H3,(H,37,40)/t33-/m0/s1. The van der Waals surface area contributed by atoms with Gasteiger partial charge in [-0.15, -0.1) is 0 Å². The van der Waals surface area contributed by atoms with Gasteiger partial charge >= 0.3 is 6.09 Å². The van der Waals surface area contributed by atoms with Crippen LogP contribution in [0.5, 0.6) is 11.5 Å². The Kier molecular flexibility index (Phi) is 13.1. The van der Waals surface area contributed by atoms with Crippen LogP contribution in [-0.4, -0.2) is 88.6 Å². The molecule has 0 spiro atoms. The number of methoxy groups -OCH3 is 2. The number of morpholine rings is 1. The van der Waals surface area contributed by atoms with Crippen LogP contribution in [-0.2, 0) is 20.8 Å². The molecule has 0 bridgehead atoms. The number of nitrogens with two attached hydrogens (primary N) is 1. The highest BCUT2D eigenvalue weighted by Gasteiger charge is 2.29. The van der Waals surface area contributed by atoms with Gasteiger partial charge in [-0.25, -0.2) is 4.79 Å². The van der Waals surface area contributed by atoms with E-state index in [2.05, 4.69) is 24.1 Å². The van der Waals surface area contributed by atoms with Gasteiger partial charge in [0.1, 0.15) is 6.61 Å². The van der Waals surface area contributed by atoms with E-state index in [0.29, 0.717) is 48.2 Å². The lowest BCUT2D eigenvalue weighted by Crippen LogP contribution is -2.41. The predicted octanol–water partition coefficient (Wildman–Crippen LogP) is 5.22. The number of carbonyl (C=O) groups is 2. The lowest BCUT2D eigenvalue weighted by atomic mass is 9.93. The number of nitrogen functional groups attached to an aromatic ring is 1. The van der Waals surface area contributed by atoms with Crippen molar-refractivity contribution in [1.82, 2.24) is 9.80 Å². The van der Waals surface area contributed by atoms with E-state index in [1.807, 2.05) is 30.3 Å². The Labute approximate surface area is 271 Å². The Balaban J connectivity index is 1.47. The lowest BCUT2D eigenvalue weighted by Gasteiger charge is -2.34. The molecule has 0 unspecified atom stereocenters. The third kappa shape index (κ3) is 9.59. The van der Waals surface area contributed by atoms with Crippen LogP contribution in [0, 0.1) is 5.92 Å². The summed E-state index contributed by atoms with van der Waals surface area (Å²) in [5.41, 5.74) is 9.15. The van der Waals surface area contributed by atoms with Crippen LogP contribution in [0.4, 0.5) is 16.2 Å². The molecule has 1 aliphatic rings. The van der Waals surface area contributed by atoms with Crippen LogP contribution in [0.1, 0.15) is 41.4 Å². The minimum atomic E-state index is -0.466. The fraction of sp³-hybridized carbons (Fsp3) is 0.429. The summed E-state index contributed by atoms with van der Waals surface area (Å²) < 4.78 is 28.0. The van der Waals surface area contributed by atoms with E-state index in [0.717, 1.165) is 44.0 Å². The Hall–Kier alpha value is -4.32. The number of ether oxygens (including phenoxy) is 5. The molecule has 0 aromatic heterocycles. The van der Waals surface area contributed by atoms with E-state index in [9.17, 15) is 9.59 Å². The largest absolute Gasteiger partial charge is 0.493 e. The molecule has 3 aromatic rings. The van der Waals surface area contributed by atoms with E-state index in [1.54, 1.807) is 55.5 Å². The molecule has 0 aliphatic carbocycles. The molecular formula is C35H46N4O7. The van der Waals surface area contributed by atoms with Gasteiger partial charge in [0.05, 0.1) is 58.1 Å². The molecule has 1 fully saturated rings. The van der Waals surface area contributed by atoms with Crippen molar-refractivity contribution in [2.75, 3.05) is 77.9 Å². The Morgan fingerprint density at radius 1 is 0.957 bits per heavy atom. The van der Waals surface area contributed by atoms with Crippen LogP contribution < -0.4 is 20.5 Å². The summed E-state index contributed by atoms with van der Waals surface area (Å²) in [6.45, 7) is 9.43. The summed E-state index contributed by atoms with van der Waals surface area (Å²) in [7, 11) is 3.14. The number of para-hydroxylation sites is 2. The van der Waals surface area contributed by atoms with Crippen LogP contribution in [0.15, 0.2) is 66.7 Å². The first-order valence-corrected chi connectivity index (χ1v) is 15.6. The molecule has 1 heterocycles. The highest BCUT2D eigenvalue weighted by molar-refractivity contribution is 6.05. The van der Waals surface area contributed by atoms with Crippen molar-refractivity contribution in [1.29, 1.82) is 0 Å². The molecule has 3 N–H and O–H groups in total. The van der Waals surface area contributed by atoms with Gasteiger partial charge in [0.15, 0.2) is 11.5 Å². The monoisotopic (exact) mass is 634 g/mol. The van der Waals surface area contributed by atoms with Gasteiger partial charge in [-0.1, -0.05) is 44.2 Å². The smallest absolute Gasteiger partial charge is 0.410 e. The second-order valence-corrected chi connectivity index (χ2v) is 11.4. The zero-order valence-corrected chi connectivity index (χ0v) is 27.2. The summed E-state index contributed by atoms with van der Waals surface area (Å²) in [5, 5.41) is 2.86. The number of benzene rings is 3. The van der Waals surface area contributed by atoms with E-state index in [-0.39, 0.29) is 24.5 Å². The first-order chi connectivity index (χ1) is 22.3. The highest BCUT2D eigenvalue weighted by atomic mass is 16.6. The van der Waals surface area contributed by atoms with Gasteiger partial charge in [0.2, 0.25) is 0 Å². The quantitative estimate of drug-likeness (QED) is 0.171. The summed E-state index contributed by atoms with van der Waals surface area (Å²) >= 11 is 0. The molecule has 11 nitrogen and oxygen atoms in total. The summed E-state index contributed by atoms with van der Waals surface area (Å²) in [6.07, 6.45) is -0.466. The number of rotatable bonds is 15. The van der Waals surface area contributed by atoms with E-state index in [4.69, 9.17) is 29.4 Å². The molecule has 11 heteroatoms. The van der Waals surface area contributed by atoms with Crippen molar-refractivity contribution in [2.45, 2.75) is 26.5 Å². The molecule has 1 saturated heterocycles. The third-order valence-corrected chi connectivity index (χ3v) is 7.87. The molecule has 0 saturated carbocycles. The van der Waals surface area contributed by atoms with Crippen LogP contribution in [0.25, 0.3) is 0 Å². The van der Waals surface area contributed by atoms with Gasteiger partial charge in [-0.3, -0.25) is 14.6 Å². The zero-order chi connectivity index (χ0) is 32.9. The van der Waals surface area contributed by atoms with Crippen LogP contribution >= 0.6 is 0 Å². The first-order valence-electron chi connectivity index (χ1n) is 15.6. The summed E-state index contributed by atoms with van der Waals surface area (Å²) in [4.78, 5) is 30.7. The van der Waals surface area contributed by atoms with E-state index < -0.39 is 6.09 Å². The fourth-order valence-corrected chi connectivity index (χ4v) is 5.39. The van der Waals surface area contributed by atoms with Crippen molar-refractivity contribution in [3.63, 3.8) is 0 Å². The molecule has 1 atom stereocenters. The summed E-state index contributed by atoms with van der Waals surface area (Å²) in [6, 6.07) is 19.4. The van der Waals surface area contributed by atoms with Crippen molar-refractivity contribution in [2.24, 2.45) is 5.92 Å². The maximum Gasteiger partial charge on any atom is 0.410 e. The number of nitrogens with zero attached hydrogens (tertiary/aromatic N) is 2. The van der Waals surface area contributed by atoms with Crippen LogP contribution in [0.2, 0.25) is 0 Å². The number of anilines is 2. The number of hydrogen-bond donors (Lipinski definition) is 2. The molecule has 4 rings (SSSR count). The minimum absolute atomic E-state index is 0.0331. The maximum atomic E-state index is 13.7. The predicted molar refractivity (Wildman–Crippen MR) is 177 cm³/mol. The molecule has 46 heavy (non-hydrogen) atoms. The Morgan fingerprint density at radius 2 is 1.67 bits per heavy atom. The third-order valence-electron chi connectivity index (χ3n) is 7.87. The van der Waals surface area contributed by atoms with E-state index in [1.165, 1.54) is 0 Å². The average molecular weight is 635 g/mol. The average Bonchev–Trinajstić information content (AvgIpc) is 3.07. The second kappa shape index (κ2) is 17.4. The molecule has 2 amide bonds. The van der Waals surface area contributed by atoms with Crippen molar-refractivity contribution in [3.05, 3.63) is 83.4 Å². The van der Waals surface area contributed by atoms with E-state index >= 15 is 0 Å². The zero-order valence-electron chi connectivity index (χ0n) is 27.2. The number of nitrogens with one attached hydrogen (secondary N) is 1. The summed E-state index contributed by atoms with van der Waals surface area (Å²) in [5.74, 6) is 0.912. The highest BCUT2D eigenvalue weighted by Crippen LogP contribution is 2.31. The number of carbonyl (C=O) groups excluding carboxylic acids is 2. The lowest BCUT2D eigenvalue weighted by molar-refractivity contribution is 0.0131. The normalized spacial score (nSPS) is 14.0. The van der Waals surface area contributed by atoms with Gasteiger partial charge < -0.3 is 34.7 Å². The topological polar surface area (TPSA) is 125 Å². The van der Waals surface area contributed by atoms with Gasteiger partial charge in [0.25, 0.3) is 5.91 Å². The SMILES string of the molecule is COc1ccc(COC(=O)N(CCOCCN2CCOCC2)[C@H](c2ccc(C(=O)Nc3ccccc3N)cc2)C(C)C)cc1OC. The second-order valence-electron chi connectivity index (χ2n) is 11.4. The van der Waals surface area contributed by atoms with Crippen LogP contribution in [0.3, 0.4) is 0 Å². The first kappa shape index (κ1) is 34.6. The van der Waals surface area contributed by atoms with Gasteiger partial charge in [0, 0.05) is 31.7 Å². The molecule has 3 aromatic carbocycles.